The number of pyridine rings is 1. The summed E-state index contributed by atoms with van der Waals surface area (Å²) in [5.41, 5.74) is 4.34. The molecule has 5 nitrogen and oxygen atoms in total. The van der Waals surface area contributed by atoms with Gasteiger partial charge in [0.25, 0.3) is 0 Å². The molecular weight excluding hydrogens is 360 g/mol. The van der Waals surface area contributed by atoms with Gasteiger partial charge in [-0.1, -0.05) is 31.5 Å². The molecule has 1 atom stereocenters. The Morgan fingerprint density at radius 1 is 1.07 bits per heavy atom. The lowest BCUT2D eigenvalue weighted by atomic mass is 9.69. The summed E-state index contributed by atoms with van der Waals surface area (Å²) in [5, 5.41) is 6.04. The van der Waals surface area contributed by atoms with Crippen molar-refractivity contribution < 1.29 is 4.79 Å². The summed E-state index contributed by atoms with van der Waals surface area (Å²) >= 11 is 0. The van der Waals surface area contributed by atoms with Gasteiger partial charge in [-0.3, -0.25) is 14.5 Å². The molecular formula is C24H26N4O. The van der Waals surface area contributed by atoms with E-state index in [0.29, 0.717) is 5.91 Å². The van der Waals surface area contributed by atoms with Crippen LogP contribution in [0.5, 0.6) is 0 Å². The van der Waals surface area contributed by atoms with Gasteiger partial charge in [-0.2, -0.15) is 5.10 Å². The highest BCUT2D eigenvalue weighted by atomic mass is 16.2. The maximum atomic E-state index is 13.0. The van der Waals surface area contributed by atoms with Crippen LogP contribution in [0.25, 0.3) is 22.2 Å². The molecule has 1 saturated carbocycles. The molecule has 1 amide bonds. The smallest absolute Gasteiger partial charge is 0.228 e. The minimum atomic E-state index is -0.105. The average molecular weight is 386 g/mol. The van der Waals surface area contributed by atoms with E-state index >= 15 is 0 Å². The Labute approximate surface area is 170 Å². The Morgan fingerprint density at radius 2 is 1.90 bits per heavy atom. The molecule has 29 heavy (non-hydrogen) atoms. The summed E-state index contributed by atoms with van der Waals surface area (Å²) in [7, 11) is 0. The van der Waals surface area contributed by atoms with Gasteiger partial charge in [0.05, 0.1) is 11.2 Å². The molecule has 6 rings (SSSR count). The lowest BCUT2D eigenvalue weighted by Gasteiger charge is -2.40. The second-order valence-corrected chi connectivity index (χ2v) is 9.48. The number of fused-ring (bicyclic) bond motifs is 3. The second kappa shape index (κ2) is 5.91. The number of carbonyl (C=O) groups is 1. The first-order valence-corrected chi connectivity index (χ1v) is 10.8. The van der Waals surface area contributed by atoms with Crippen LogP contribution in [0.2, 0.25) is 0 Å². The highest BCUT2D eigenvalue weighted by Gasteiger charge is 2.50. The highest BCUT2D eigenvalue weighted by Crippen LogP contribution is 2.47. The van der Waals surface area contributed by atoms with E-state index in [1.165, 1.54) is 12.1 Å². The first kappa shape index (κ1) is 17.2. The predicted octanol–water partition coefficient (Wildman–Crippen LogP) is 4.16. The summed E-state index contributed by atoms with van der Waals surface area (Å²) in [5.74, 6) is 0.373. The number of hydrogen-bond donors (Lipinski definition) is 0. The topological polar surface area (TPSA) is 51.0 Å². The van der Waals surface area contributed by atoms with Crippen molar-refractivity contribution in [2.75, 3.05) is 13.1 Å². The second-order valence-electron chi connectivity index (χ2n) is 9.48. The molecule has 1 aliphatic carbocycles. The van der Waals surface area contributed by atoms with Gasteiger partial charge in [-0.15, -0.1) is 0 Å². The molecule has 1 unspecified atom stereocenters. The van der Waals surface area contributed by atoms with Crippen LogP contribution in [0.3, 0.4) is 0 Å². The van der Waals surface area contributed by atoms with Crippen LogP contribution in [0.15, 0.2) is 42.6 Å². The van der Waals surface area contributed by atoms with Gasteiger partial charge in [0.1, 0.15) is 0 Å². The lowest BCUT2D eigenvalue weighted by molar-refractivity contribution is -0.145. The molecule has 5 heteroatoms. The molecule has 2 aliphatic heterocycles. The van der Waals surface area contributed by atoms with E-state index in [4.69, 9.17) is 5.10 Å². The number of rotatable bonds is 2. The number of likely N-dealkylation sites (tertiary alicyclic amines) is 1. The SMILES string of the molecule is CC1(C(=O)N2CCC3(CCn4nc(-c5cnc6ccccc6c5)cc43)C2)CCC1. The molecule has 3 aromatic rings. The van der Waals surface area contributed by atoms with Gasteiger partial charge in [-0.05, 0) is 43.9 Å². The van der Waals surface area contributed by atoms with Crippen LogP contribution in [0, 0.1) is 5.41 Å². The van der Waals surface area contributed by atoms with E-state index in [9.17, 15) is 4.79 Å². The highest BCUT2D eigenvalue weighted by molar-refractivity contribution is 5.84. The van der Waals surface area contributed by atoms with E-state index in [1.54, 1.807) is 0 Å². The van der Waals surface area contributed by atoms with Crippen LogP contribution < -0.4 is 0 Å². The van der Waals surface area contributed by atoms with Crippen LogP contribution in [-0.2, 0) is 16.8 Å². The van der Waals surface area contributed by atoms with Crippen LogP contribution in [0.1, 0.15) is 44.7 Å². The largest absolute Gasteiger partial charge is 0.341 e. The average Bonchev–Trinajstić information content (AvgIpc) is 3.42. The Hall–Kier alpha value is -2.69. The fraction of sp³-hybridized carbons (Fsp3) is 0.458. The van der Waals surface area contributed by atoms with Gasteiger partial charge in [0.2, 0.25) is 5.91 Å². The molecule has 1 aromatic carbocycles. The summed E-state index contributed by atoms with van der Waals surface area (Å²) < 4.78 is 2.17. The molecule has 0 bridgehead atoms. The summed E-state index contributed by atoms with van der Waals surface area (Å²) in [4.78, 5) is 19.8. The number of carbonyl (C=O) groups excluding carboxylic acids is 1. The molecule has 3 aliphatic rings. The molecule has 148 valence electrons. The number of aromatic nitrogens is 3. The maximum Gasteiger partial charge on any atom is 0.228 e. The number of para-hydroxylation sites is 1. The number of amides is 1. The normalized spacial score (nSPS) is 24.8. The molecule has 1 spiro atoms. The summed E-state index contributed by atoms with van der Waals surface area (Å²) in [6, 6.07) is 12.6. The number of hydrogen-bond acceptors (Lipinski definition) is 3. The van der Waals surface area contributed by atoms with Gasteiger partial charge in [0.15, 0.2) is 0 Å². The van der Waals surface area contributed by atoms with E-state index < -0.39 is 0 Å². The molecule has 4 heterocycles. The third-order valence-electron chi connectivity index (χ3n) is 7.63. The van der Waals surface area contributed by atoms with E-state index in [2.05, 4.69) is 39.7 Å². The lowest BCUT2D eigenvalue weighted by Crippen LogP contribution is -2.46. The van der Waals surface area contributed by atoms with Crippen molar-refractivity contribution in [2.45, 2.75) is 51.0 Å². The molecule has 0 radical (unpaired) electrons. The quantitative estimate of drug-likeness (QED) is 0.664. The monoisotopic (exact) mass is 386 g/mol. The third kappa shape index (κ3) is 2.49. The van der Waals surface area contributed by atoms with Crippen molar-refractivity contribution in [3.05, 3.63) is 48.3 Å². The maximum absolute atomic E-state index is 13.0. The van der Waals surface area contributed by atoms with Crippen molar-refractivity contribution in [3.8, 4) is 11.3 Å². The van der Waals surface area contributed by atoms with Gasteiger partial charge >= 0.3 is 0 Å². The van der Waals surface area contributed by atoms with Crippen molar-refractivity contribution in [2.24, 2.45) is 5.41 Å². The van der Waals surface area contributed by atoms with Crippen molar-refractivity contribution in [1.29, 1.82) is 0 Å². The predicted molar refractivity (Wildman–Crippen MR) is 112 cm³/mol. The van der Waals surface area contributed by atoms with Crippen LogP contribution in [0.4, 0.5) is 0 Å². The Morgan fingerprint density at radius 3 is 2.72 bits per heavy atom. The minimum absolute atomic E-state index is 0.0747. The van der Waals surface area contributed by atoms with Gasteiger partial charge in [-0.25, -0.2) is 0 Å². The summed E-state index contributed by atoms with van der Waals surface area (Å²) in [6.07, 6.45) is 7.35. The van der Waals surface area contributed by atoms with Crippen molar-refractivity contribution >= 4 is 16.8 Å². The Bertz CT molecular complexity index is 1130. The Kier molecular flexibility index (Phi) is 3.50. The molecule has 2 fully saturated rings. The zero-order valence-corrected chi connectivity index (χ0v) is 16.9. The zero-order valence-electron chi connectivity index (χ0n) is 16.9. The van der Waals surface area contributed by atoms with E-state index in [-0.39, 0.29) is 10.8 Å². The van der Waals surface area contributed by atoms with Gasteiger partial charge in [0, 0.05) is 53.3 Å². The standard InChI is InChI=1S/C24H26N4O/c1-23(7-4-8-23)22(29)27-11-9-24(16-27)10-12-28-21(24)14-20(26-28)18-13-17-5-2-3-6-19(17)25-15-18/h2-3,5-6,13-15H,4,7-12,16H2,1H3. The van der Waals surface area contributed by atoms with Crippen LogP contribution >= 0.6 is 0 Å². The Balaban J connectivity index is 1.31. The first-order valence-electron chi connectivity index (χ1n) is 10.8. The first-order chi connectivity index (χ1) is 14.1. The van der Waals surface area contributed by atoms with Crippen molar-refractivity contribution in [1.82, 2.24) is 19.7 Å². The molecule has 2 aromatic heterocycles. The number of benzene rings is 1. The summed E-state index contributed by atoms with van der Waals surface area (Å²) in [6.45, 7) is 4.82. The fourth-order valence-electron chi connectivity index (χ4n) is 5.58. The molecule has 1 saturated heterocycles. The fourth-order valence-corrected chi connectivity index (χ4v) is 5.58. The van der Waals surface area contributed by atoms with Crippen molar-refractivity contribution in [3.63, 3.8) is 0 Å². The van der Waals surface area contributed by atoms with Gasteiger partial charge < -0.3 is 4.90 Å². The zero-order chi connectivity index (χ0) is 19.6. The number of aryl methyl sites for hydroxylation is 1. The van der Waals surface area contributed by atoms with E-state index in [0.717, 1.165) is 67.5 Å². The third-order valence-corrected chi connectivity index (χ3v) is 7.63. The minimum Gasteiger partial charge on any atom is -0.341 e. The molecule has 0 N–H and O–H groups in total. The van der Waals surface area contributed by atoms with E-state index in [1.807, 2.05) is 24.4 Å². The van der Waals surface area contributed by atoms with Crippen LogP contribution in [-0.4, -0.2) is 38.7 Å². The number of nitrogens with zero attached hydrogens (tertiary/aromatic N) is 4.